The Balaban J connectivity index is 1.55. The highest BCUT2D eigenvalue weighted by molar-refractivity contribution is 6.08. The molecule has 2 heterocycles. The molecule has 2 aromatic heterocycles. The SMILES string of the molecule is Cn1cc(C(=O)NNC(=O)c2cc3ccccc3n2C)c2ccccc21. The molecule has 2 amide bonds. The van der Waals surface area contributed by atoms with E-state index in [1.54, 1.807) is 16.8 Å². The number of amides is 2. The van der Waals surface area contributed by atoms with Crippen molar-refractivity contribution in [2.45, 2.75) is 0 Å². The fourth-order valence-electron chi connectivity index (χ4n) is 3.27. The van der Waals surface area contributed by atoms with Crippen molar-refractivity contribution in [1.82, 2.24) is 20.0 Å². The molecule has 0 bridgehead atoms. The molecule has 4 rings (SSSR count). The number of aromatic nitrogens is 2. The first-order valence-electron chi connectivity index (χ1n) is 8.25. The molecule has 0 aliphatic rings. The molecule has 0 radical (unpaired) electrons. The predicted octanol–water partition coefficient (Wildman–Crippen LogP) is 2.74. The zero-order valence-electron chi connectivity index (χ0n) is 14.5. The van der Waals surface area contributed by atoms with E-state index >= 15 is 0 Å². The van der Waals surface area contributed by atoms with E-state index in [1.807, 2.05) is 67.2 Å². The molecule has 130 valence electrons. The van der Waals surface area contributed by atoms with Gasteiger partial charge in [-0.25, -0.2) is 0 Å². The van der Waals surface area contributed by atoms with Gasteiger partial charge in [-0.05, 0) is 18.2 Å². The Morgan fingerprint density at radius 1 is 0.846 bits per heavy atom. The van der Waals surface area contributed by atoms with Gasteiger partial charge >= 0.3 is 0 Å². The van der Waals surface area contributed by atoms with Crippen LogP contribution in [0, 0.1) is 0 Å². The van der Waals surface area contributed by atoms with E-state index in [0.29, 0.717) is 11.3 Å². The van der Waals surface area contributed by atoms with Crippen molar-refractivity contribution in [1.29, 1.82) is 0 Å². The summed E-state index contributed by atoms with van der Waals surface area (Å²) in [6.07, 6.45) is 1.75. The number of benzene rings is 2. The summed E-state index contributed by atoms with van der Waals surface area (Å²) < 4.78 is 3.69. The molecule has 6 heteroatoms. The van der Waals surface area contributed by atoms with Gasteiger partial charge in [-0.1, -0.05) is 36.4 Å². The van der Waals surface area contributed by atoms with E-state index in [0.717, 1.165) is 21.8 Å². The molecule has 4 aromatic rings. The van der Waals surface area contributed by atoms with Crippen molar-refractivity contribution >= 4 is 33.6 Å². The minimum absolute atomic E-state index is 0.353. The number of hydrazine groups is 1. The third-order valence-electron chi connectivity index (χ3n) is 4.62. The number of nitrogens with one attached hydrogen (secondary N) is 2. The maximum atomic E-state index is 12.5. The van der Waals surface area contributed by atoms with Crippen LogP contribution in [0.1, 0.15) is 20.8 Å². The van der Waals surface area contributed by atoms with Crippen LogP contribution < -0.4 is 10.9 Å². The number of nitrogens with zero attached hydrogens (tertiary/aromatic N) is 2. The van der Waals surface area contributed by atoms with Crippen LogP contribution in [0.15, 0.2) is 60.8 Å². The van der Waals surface area contributed by atoms with Crippen LogP contribution in [0.2, 0.25) is 0 Å². The summed E-state index contributed by atoms with van der Waals surface area (Å²) in [4.78, 5) is 25.0. The molecule has 2 aromatic carbocycles. The second-order valence-corrected chi connectivity index (χ2v) is 6.23. The maximum absolute atomic E-state index is 12.5. The number of aryl methyl sites for hydroxylation is 2. The Hall–Kier alpha value is -3.54. The number of carbonyl (C=O) groups excluding carboxylic acids is 2. The summed E-state index contributed by atoms with van der Waals surface area (Å²) >= 11 is 0. The standard InChI is InChI=1S/C20H18N4O2/c1-23-12-15(14-8-4-6-10-17(14)23)19(25)21-22-20(26)18-11-13-7-3-5-9-16(13)24(18)2/h3-12H,1-2H3,(H,21,25)(H,22,26). The predicted molar refractivity (Wildman–Crippen MR) is 101 cm³/mol. The molecule has 0 saturated carbocycles. The van der Waals surface area contributed by atoms with Crippen LogP contribution in [-0.4, -0.2) is 20.9 Å². The van der Waals surface area contributed by atoms with Gasteiger partial charge < -0.3 is 9.13 Å². The highest BCUT2D eigenvalue weighted by atomic mass is 16.2. The lowest BCUT2D eigenvalue weighted by atomic mass is 10.2. The van der Waals surface area contributed by atoms with Gasteiger partial charge in [0, 0.05) is 42.1 Å². The lowest BCUT2D eigenvalue weighted by molar-refractivity contribution is 0.0843. The monoisotopic (exact) mass is 346 g/mol. The average molecular weight is 346 g/mol. The van der Waals surface area contributed by atoms with Crippen LogP contribution >= 0.6 is 0 Å². The van der Waals surface area contributed by atoms with Gasteiger partial charge in [-0.3, -0.25) is 20.4 Å². The highest BCUT2D eigenvalue weighted by Gasteiger charge is 2.16. The molecule has 0 aliphatic carbocycles. The molecule has 0 fully saturated rings. The first-order chi connectivity index (χ1) is 12.6. The lowest BCUT2D eigenvalue weighted by Gasteiger charge is -2.08. The van der Waals surface area contributed by atoms with Crippen molar-refractivity contribution in [2.75, 3.05) is 0 Å². The summed E-state index contributed by atoms with van der Waals surface area (Å²) in [6.45, 7) is 0. The summed E-state index contributed by atoms with van der Waals surface area (Å²) in [5.74, 6) is -0.716. The van der Waals surface area contributed by atoms with E-state index in [4.69, 9.17) is 0 Å². The molecular formula is C20H18N4O2. The Kier molecular flexibility index (Phi) is 3.73. The van der Waals surface area contributed by atoms with Gasteiger partial charge in [0.05, 0.1) is 5.56 Å². The number of carbonyl (C=O) groups is 2. The van der Waals surface area contributed by atoms with Crippen LogP contribution in [-0.2, 0) is 14.1 Å². The highest BCUT2D eigenvalue weighted by Crippen LogP contribution is 2.20. The lowest BCUT2D eigenvalue weighted by Crippen LogP contribution is -2.42. The first-order valence-corrected chi connectivity index (χ1v) is 8.25. The minimum atomic E-state index is -0.364. The first kappa shape index (κ1) is 16.0. The smallest absolute Gasteiger partial charge is 0.286 e. The van der Waals surface area contributed by atoms with Crippen molar-refractivity contribution in [3.05, 3.63) is 72.1 Å². The second-order valence-electron chi connectivity index (χ2n) is 6.23. The van der Waals surface area contributed by atoms with Crippen LogP contribution in [0.5, 0.6) is 0 Å². The van der Waals surface area contributed by atoms with Gasteiger partial charge in [0.2, 0.25) is 0 Å². The average Bonchev–Trinajstić information content (AvgIpc) is 3.18. The van der Waals surface area contributed by atoms with E-state index in [2.05, 4.69) is 10.9 Å². The number of rotatable bonds is 2. The Morgan fingerprint density at radius 3 is 2.27 bits per heavy atom. The van der Waals surface area contributed by atoms with Gasteiger partial charge in [0.15, 0.2) is 0 Å². The Morgan fingerprint density at radius 2 is 1.50 bits per heavy atom. The molecule has 0 aliphatic heterocycles. The number of hydrogen-bond acceptors (Lipinski definition) is 2. The molecule has 0 atom stereocenters. The molecule has 0 unspecified atom stereocenters. The molecule has 0 saturated heterocycles. The molecule has 2 N–H and O–H groups in total. The van der Waals surface area contributed by atoms with Gasteiger partial charge in [-0.2, -0.15) is 0 Å². The van der Waals surface area contributed by atoms with Crippen LogP contribution in [0.4, 0.5) is 0 Å². The van der Waals surface area contributed by atoms with E-state index in [-0.39, 0.29) is 11.8 Å². The number of hydrogen-bond donors (Lipinski definition) is 2. The maximum Gasteiger partial charge on any atom is 0.286 e. The molecule has 6 nitrogen and oxygen atoms in total. The summed E-state index contributed by atoms with van der Waals surface area (Å²) in [7, 11) is 3.71. The minimum Gasteiger partial charge on any atom is -0.350 e. The topological polar surface area (TPSA) is 68.1 Å². The third kappa shape index (κ3) is 2.52. The van der Waals surface area contributed by atoms with Gasteiger partial charge in [0.25, 0.3) is 11.8 Å². The van der Waals surface area contributed by atoms with Gasteiger partial charge in [0.1, 0.15) is 5.69 Å². The normalized spacial score (nSPS) is 11.0. The van der Waals surface area contributed by atoms with E-state index < -0.39 is 0 Å². The fraction of sp³-hybridized carbons (Fsp3) is 0.100. The second kappa shape index (κ2) is 6.07. The van der Waals surface area contributed by atoms with Crippen molar-refractivity contribution in [2.24, 2.45) is 14.1 Å². The van der Waals surface area contributed by atoms with Crippen molar-refractivity contribution in [3.63, 3.8) is 0 Å². The zero-order chi connectivity index (χ0) is 18.3. The van der Waals surface area contributed by atoms with Crippen molar-refractivity contribution in [3.8, 4) is 0 Å². The fourth-order valence-corrected chi connectivity index (χ4v) is 3.27. The summed E-state index contributed by atoms with van der Waals surface area (Å²) in [6, 6.07) is 17.2. The molecular weight excluding hydrogens is 328 g/mol. The van der Waals surface area contributed by atoms with Gasteiger partial charge in [-0.15, -0.1) is 0 Å². The van der Waals surface area contributed by atoms with E-state index in [9.17, 15) is 9.59 Å². The summed E-state index contributed by atoms with van der Waals surface area (Å²) in [5.41, 5.74) is 7.92. The third-order valence-corrected chi connectivity index (χ3v) is 4.62. The Labute approximate surface area is 150 Å². The summed E-state index contributed by atoms with van der Waals surface area (Å²) in [5, 5.41) is 1.81. The number of fused-ring (bicyclic) bond motifs is 2. The number of para-hydroxylation sites is 2. The van der Waals surface area contributed by atoms with Crippen LogP contribution in [0.3, 0.4) is 0 Å². The Bertz CT molecular complexity index is 1150. The zero-order valence-corrected chi connectivity index (χ0v) is 14.5. The van der Waals surface area contributed by atoms with Crippen LogP contribution in [0.25, 0.3) is 21.8 Å². The molecule has 26 heavy (non-hydrogen) atoms. The largest absolute Gasteiger partial charge is 0.350 e. The van der Waals surface area contributed by atoms with Crippen molar-refractivity contribution < 1.29 is 9.59 Å². The van der Waals surface area contributed by atoms with E-state index in [1.165, 1.54) is 0 Å². The molecule has 0 spiro atoms. The quantitative estimate of drug-likeness (QED) is 0.548.